The molecule has 0 amide bonds. The Balaban J connectivity index is 3.13. The second-order valence-electron chi connectivity index (χ2n) is 2.42. The van der Waals surface area contributed by atoms with E-state index in [1.807, 2.05) is 0 Å². The van der Waals surface area contributed by atoms with Crippen LogP contribution in [-0.4, -0.2) is 12.9 Å². The maximum atomic E-state index is 10.7. The Morgan fingerprint density at radius 2 is 2.21 bits per heavy atom. The number of terminal acetylenes is 1. The average molecular weight is 318 g/mol. The van der Waals surface area contributed by atoms with E-state index in [-0.39, 0.29) is 6.61 Å². The van der Waals surface area contributed by atoms with E-state index < -0.39 is 0 Å². The van der Waals surface area contributed by atoms with Gasteiger partial charge in [-0.2, -0.15) is 0 Å². The lowest BCUT2D eigenvalue weighted by molar-refractivity contribution is 0.112. The Morgan fingerprint density at radius 1 is 1.50 bits per heavy atom. The first-order valence-electron chi connectivity index (χ1n) is 3.69. The van der Waals surface area contributed by atoms with Crippen LogP contribution in [0.2, 0.25) is 0 Å². The summed E-state index contributed by atoms with van der Waals surface area (Å²) < 4.78 is 6.73. The van der Waals surface area contributed by atoms with Crippen molar-refractivity contribution in [2.24, 2.45) is 0 Å². The van der Waals surface area contributed by atoms with Gasteiger partial charge in [-0.15, -0.1) is 6.42 Å². The van der Waals surface area contributed by atoms with Gasteiger partial charge < -0.3 is 4.74 Å². The Hall–Kier alpha value is -0.790. The molecule has 0 bridgehead atoms. The first-order chi connectivity index (χ1) is 6.69. The number of benzene rings is 1. The van der Waals surface area contributed by atoms with Gasteiger partial charge in [-0.3, -0.25) is 4.79 Å². The Bertz CT molecular complexity index is 394. The molecule has 0 saturated carbocycles. The molecule has 14 heavy (non-hydrogen) atoms. The van der Waals surface area contributed by atoms with Crippen LogP contribution in [0.25, 0.3) is 0 Å². The van der Waals surface area contributed by atoms with Crippen molar-refractivity contribution in [1.82, 2.24) is 0 Å². The molecule has 0 fully saturated rings. The molecule has 0 spiro atoms. The van der Waals surface area contributed by atoms with E-state index in [2.05, 4.69) is 37.8 Å². The van der Waals surface area contributed by atoms with Crippen molar-refractivity contribution in [3.8, 4) is 18.1 Å². The second-order valence-corrected chi connectivity index (χ2v) is 4.19. The molecule has 0 aliphatic rings. The molecule has 0 saturated heterocycles. The molecular weight excluding hydrogens is 312 g/mol. The maximum absolute atomic E-state index is 10.7. The third-order valence-electron chi connectivity index (χ3n) is 1.46. The lowest BCUT2D eigenvalue weighted by atomic mass is 10.2. The highest BCUT2D eigenvalue weighted by molar-refractivity contribution is 9.11. The van der Waals surface area contributed by atoms with E-state index in [4.69, 9.17) is 11.2 Å². The average Bonchev–Trinajstić information content (AvgIpc) is 2.15. The number of aldehydes is 1. The smallest absolute Gasteiger partial charge is 0.153 e. The SMILES string of the molecule is C#CCOc1c(Br)cc(Br)cc1C=O. The molecule has 0 unspecified atom stereocenters. The molecule has 2 nitrogen and oxygen atoms in total. The summed E-state index contributed by atoms with van der Waals surface area (Å²) in [7, 11) is 0. The van der Waals surface area contributed by atoms with Gasteiger partial charge in [0.2, 0.25) is 0 Å². The van der Waals surface area contributed by atoms with Crippen molar-refractivity contribution in [1.29, 1.82) is 0 Å². The first-order valence-corrected chi connectivity index (χ1v) is 5.28. The van der Waals surface area contributed by atoms with E-state index in [0.717, 1.165) is 10.8 Å². The van der Waals surface area contributed by atoms with Crippen LogP contribution in [-0.2, 0) is 0 Å². The molecule has 1 rings (SSSR count). The van der Waals surface area contributed by atoms with Gasteiger partial charge >= 0.3 is 0 Å². The number of halogens is 2. The predicted molar refractivity (Wildman–Crippen MR) is 61.6 cm³/mol. The Kier molecular flexibility index (Phi) is 4.18. The van der Waals surface area contributed by atoms with Crippen LogP contribution in [0, 0.1) is 12.3 Å². The third kappa shape index (κ3) is 2.60. The predicted octanol–water partition coefficient (Wildman–Crippen LogP) is 3.04. The fourth-order valence-corrected chi connectivity index (χ4v) is 2.31. The van der Waals surface area contributed by atoms with Gasteiger partial charge in [0.15, 0.2) is 6.29 Å². The first kappa shape index (κ1) is 11.3. The quantitative estimate of drug-likeness (QED) is 0.632. The van der Waals surface area contributed by atoms with Crippen molar-refractivity contribution < 1.29 is 9.53 Å². The van der Waals surface area contributed by atoms with E-state index in [1.54, 1.807) is 12.1 Å². The highest BCUT2D eigenvalue weighted by atomic mass is 79.9. The molecule has 4 heteroatoms. The normalized spacial score (nSPS) is 9.21. The van der Waals surface area contributed by atoms with Gasteiger partial charge in [0.1, 0.15) is 12.4 Å². The lowest BCUT2D eigenvalue weighted by Gasteiger charge is -2.08. The zero-order valence-electron chi connectivity index (χ0n) is 7.09. The summed E-state index contributed by atoms with van der Waals surface area (Å²) >= 11 is 6.56. The summed E-state index contributed by atoms with van der Waals surface area (Å²) in [5, 5.41) is 0. The minimum Gasteiger partial charge on any atom is -0.479 e. The maximum Gasteiger partial charge on any atom is 0.153 e. The molecule has 0 radical (unpaired) electrons. The van der Waals surface area contributed by atoms with Gasteiger partial charge in [-0.25, -0.2) is 0 Å². The third-order valence-corrected chi connectivity index (χ3v) is 2.51. The molecule has 0 aliphatic heterocycles. The summed E-state index contributed by atoms with van der Waals surface area (Å²) in [6.45, 7) is 0.140. The summed E-state index contributed by atoms with van der Waals surface area (Å²) in [5.74, 6) is 2.81. The zero-order chi connectivity index (χ0) is 10.6. The van der Waals surface area contributed by atoms with E-state index in [9.17, 15) is 4.79 Å². The largest absolute Gasteiger partial charge is 0.479 e. The van der Waals surface area contributed by atoms with Crippen LogP contribution < -0.4 is 4.74 Å². The summed E-state index contributed by atoms with van der Waals surface area (Å²) in [4.78, 5) is 10.7. The Morgan fingerprint density at radius 3 is 2.79 bits per heavy atom. The monoisotopic (exact) mass is 316 g/mol. The summed E-state index contributed by atoms with van der Waals surface area (Å²) in [6, 6.07) is 3.46. The van der Waals surface area contributed by atoms with Crippen molar-refractivity contribution in [2.45, 2.75) is 0 Å². The molecule has 0 N–H and O–H groups in total. The number of hydrogen-bond acceptors (Lipinski definition) is 2. The highest BCUT2D eigenvalue weighted by Gasteiger charge is 2.08. The fourth-order valence-electron chi connectivity index (χ4n) is 0.934. The van der Waals surface area contributed by atoms with Crippen LogP contribution in [0.3, 0.4) is 0 Å². The van der Waals surface area contributed by atoms with Gasteiger partial charge in [0.25, 0.3) is 0 Å². The molecule has 1 aromatic rings. The Labute approximate surface area is 98.9 Å². The van der Waals surface area contributed by atoms with Gasteiger partial charge in [0.05, 0.1) is 10.0 Å². The fraction of sp³-hybridized carbons (Fsp3) is 0.100. The molecule has 0 heterocycles. The topological polar surface area (TPSA) is 26.3 Å². The minimum atomic E-state index is 0.140. The van der Waals surface area contributed by atoms with Crippen LogP contribution >= 0.6 is 31.9 Å². The summed E-state index contributed by atoms with van der Waals surface area (Å²) in [6.07, 6.45) is 5.78. The minimum absolute atomic E-state index is 0.140. The summed E-state index contributed by atoms with van der Waals surface area (Å²) in [5.41, 5.74) is 0.460. The number of carbonyl (C=O) groups excluding carboxylic acids is 1. The number of hydrogen-bond donors (Lipinski definition) is 0. The second kappa shape index (κ2) is 5.18. The van der Waals surface area contributed by atoms with Gasteiger partial charge in [0, 0.05) is 4.47 Å². The van der Waals surface area contributed by atoms with Crippen LogP contribution in [0.4, 0.5) is 0 Å². The molecule has 0 atom stereocenters. The van der Waals surface area contributed by atoms with Gasteiger partial charge in [-0.1, -0.05) is 21.9 Å². The molecule has 0 aliphatic carbocycles. The van der Waals surface area contributed by atoms with Crippen LogP contribution in [0.5, 0.6) is 5.75 Å². The van der Waals surface area contributed by atoms with Gasteiger partial charge in [-0.05, 0) is 28.1 Å². The number of rotatable bonds is 3. The van der Waals surface area contributed by atoms with E-state index in [1.165, 1.54) is 0 Å². The van der Waals surface area contributed by atoms with E-state index >= 15 is 0 Å². The molecule has 0 aromatic heterocycles. The number of ether oxygens (including phenoxy) is 1. The lowest BCUT2D eigenvalue weighted by Crippen LogP contribution is -1.98. The number of carbonyl (C=O) groups is 1. The molecular formula is C10H6Br2O2. The zero-order valence-corrected chi connectivity index (χ0v) is 10.3. The standard InChI is InChI=1S/C10H6Br2O2/c1-2-3-14-10-7(6-13)4-8(11)5-9(10)12/h1,4-6H,3H2. The van der Waals surface area contributed by atoms with Crippen molar-refractivity contribution in [2.75, 3.05) is 6.61 Å². The van der Waals surface area contributed by atoms with Crippen molar-refractivity contribution >= 4 is 38.1 Å². The van der Waals surface area contributed by atoms with Crippen LogP contribution in [0.15, 0.2) is 21.1 Å². The molecule has 72 valence electrons. The van der Waals surface area contributed by atoms with Crippen molar-refractivity contribution in [3.05, 3.63) is 26.6 Å². The van der Waals surface area contributed by atoms with Crippen LogP contribution in [0.1, 0.15) is 10.4 Å². The highest BCUT2D eigenvalue weighted by Crippen LogP contribution is 2.31. The molecule has 1 aromatic carbocycles. The van der Waals surface area contributed by atoms with E-state index in [0.29, 0.717) is 15.8 Å². The van der Waals surface area contributed by atoms with Crippen molar-refractivity contribution in [3.63, 3.8) is 0 Å².